The van der Waals surface area contributed by atoms with Crippen molar-refractivity contribution in [2.24, 2.45) is 5.92 Å². The molecule has 0 saturated carbocycles. The molecule has 0 radical (unpaired) electrons. The first-order valence-corrected chi connectivity index (χ1v) is 3.76. The zero-order chi connectivity index (χ0) is 6.97. The first-order valence-electron chi connectivity index (χ1n) is 3.76. The van der Waals surface area contributed by atoms with Crippen LogP contribution in [0, 0.1) is 5.92 Å². The van der Waals surface area contributed by atoms with E-state index in [1.807, 2.05) is 0 Å². The molecule has 10 heavy (non-hydrogen) atoms. The normalized spacial score (nSPS) is 45.9. The molecule has 3 atom stereocenters. The van der Waals surface area contributed by atoms with Gasteiger partial charge in [-0.05, 0) is 6.42 Å². The third-order valence-corrected chi connectivity index (χ3v) is 2.30. The molecule has 0 bridgehead atoms. The van der Waals surface area contributed by atoms with Crippen molar-refractivity contribution >= 4 is 0 Å². The molecule has 0 aromatic heterocycles. The van der Waals surface area contributed by atoms with E-state index in [9.17, 15) is 0 Å². The van der Waals surface area contributed by atoms with Crippen molar-refractivity contribution in [3.63, 3.8) is 0 Å². The van der Waals surface area contributed by atoms with Crippen LogP contribution in [0.25, 0.3) is 0 Å². The molecular formula is C7H12O3. The zero-order valence-corrected chi connectivity index (χ0v) is 5.82. The van der Waals surface area contributed by atoms with Gasteiger partial charge in [0.1, 0.15) is 0 Å². The van der Waals surface area contributed by atoms with E-state index < -0.39 is 0 Å². The van der Waals surface area contributed by atoms with Gasteiger partial charge in [0.05, 0.1) is 25.4 Å². The maximum absolute atomic E-state index is 8.85. The van der Waals surface area contributed by atoms with Gasteiger partial charge in [-0.25, -0.2) is 0 Å². The fourth-order valence-electron chi connectivity index (χ4n) is 1.71. The SMILES string of the molecule is OCC1COC2CCOC12. The molecule has 2 fully saturated rings. The standard InChI is InChI=1S/C7H12O3/c8-3-5-4-10-6-1-2-9-7(5)6/h5-8H,1-4H2. The quantitative estimate of drug-likeness (QED) is 0.553. The summed E-state index contributed by atoms with van der Waals surface area (Å²) in [5, 5.41) is 8.85. The number of rotatable bonds is 1. The summed E-state index contributed by atoms with van der Waals surface area (Å²) in [5.41, 5.74) is 0. The van der Waals surface area contributed by atoms with Gasteiger partial charge in [0.15, 0.2) is 0 Å². The molecular weight excluding hydrogens is 132 g/mol. The van der Waals surface area contributed by atoms with E-state index in [0.29, 0.717) is 6.61 Å². The first kappa shape index (κ1) is 6.58. The summed E-state index contributed by atoms with van der Waals surface area (Å²) in [6, 6.07) is 0. The third-order valence-electron chi connectivity index (χ3n) is 2.30. The maximum Gasteiger partial charge on any atom is 0.0909 e. The fourth-order valence-corrected chi connectivity index (χ4v) is 1.71. The van der Waals surface area contributed by atoms with Crippen LogP contribution in [-0.2, 0) is 9.47 Å². The molecule has 2 aliphatic heterocycles. The van der Waals surface area contributed by atoms with Crippen LogP contribution in [0.1, 0.15) is 6.42 Å². The molecule has 0 aromatic rings. The number of fused-ring (bicyclic) bond motifs is 1. The molecule has 58 valence electrons. The number of ether oxygens (including phenoxy) is 2. The lowest BCUT2D eigenvalue weighted by molar-refractivity contribution is 0.0498. The van der Waals surface area contributed by atoms with Crippen molar-refractivity contribution in [1.29, 1.82) is 0 Å². The van der Waals surface area contributed by atoms with Crippen molar-refractivity contribution < 1.29 is 14.6 Å². The summed E-state index contributed by atoms with van der Waals surface area (Å²) in [6.07, 6.45) is 1.46. The molecule has 3 unspecified atom stereocenters. The van der Waals surface area contributed by atoms with Crippen LogP contribution in [0.3, 0.4) is 0 Å². The molecule has 3 nitrogen and oxygen atoms in total. The van der Waals surface area contributed by atoms with Gasteiger partial charge in [-0.2, -0.15) is 0 Å². The topological polar surface area (TPSA) is 38.7 Å². The molecule has 0 aliphatic carbocycles. The smallest absolute Gasteiger partial charge is 0.0909 e. The fraction of sp³-hybridized carbons (Fsp3) is 1.00. The number of aliphatic hydroxyl groups is 1. The Morgan fingerprint density at radius 2 is 2.30 bits per heavy atom. The van der Waals surface area contributed by atoms with Gasteiger partial charge in [-0.1, -0.05) is 0 Å². The van der Waals surface area contributed by atoms with Gasteiger partial charge in [0.2, 0.25) is 0 Å². The third kappa shape index (κ3) is 0.856. The average Bonchev–Trinajstić information content (AvgIpc) is 2.44. The van der Waals surface area contributed by atoms with Crippen molar-refractivity contribution in [3.8, 4) is 0 Å². The predicted molar refractivity (Wildman–Crippen MR) is 34.7 cm³/mol. The van der Waals surface area contributed by atoms with E-state index in [-0.39, 0.29) is 24.7 Å². The lowest BCUT2D eigenvalue weighted by Crippen LogP contribution is -2.24. The van der Waals surface area contributed by atoms with Gasteiger partial charge in [-0.15, -0.1) is 0 Å². The van der Waals surface area contributed by atoms with Gasteiger partial charge < -0.3 is 14.6 Å². The Bertz CT molecular complexity index is 126. The molecule has 0 amide bonds. The summed E-state index contributed by atoms with van der Waals surface area (Å²) in [5.74, 6) is 0.229. The lowest BCUT2D eigenvalue weighted by atomic mass is 10.0. The van der Waals surface area contributed by atoms with E-state index in [1.165, 1.54) is 0 Å². The van der Waals surface area contributed by atoms with Gasteiger partial charge in [0.25, 0.3) is 0 Å². The van der Waals surface area contributed by atoms with Crippen LogP contribution in [0.15, 0.2) is 0 Å². The first-order chi connectivity index (χ1) is 4.92. The molecule has 0 spiro atoms. The van der Waals surface area contributed by atoms with E-state index in [0.717, 1.165) is 13.0 Å². The Morgan fingerprint density at radius 3 is 3.10 bits per heavy atom. The van der Waals surface area contributed by atoms with Crippen molar-refractivity contribution in [3.05, 3.63) is 0 Å². The second kappa shape index (κ2) is 2.49. The van der Waals surface area contributed by atoms with Crippen molar-refractivity contribution in [1.82, 2.24) is 0 Å². The second-order valence-corrected chi connectivity index (χ2v) is 2.94. The number of hydrogen-bond acceptors (Lipinski definition) is 3. The van der Waals surface area contributed by atoms with Crippen LogP contribution in [0.2, 0.25) is 0 Å². The maximum atomic E-state index is 8.85. The van der Waals surface area contributed by atoms with E-state index in [1.54, 1.807) is 0 Å². The van der Waals surface area contributed by atoms with E-state index in [4.69, 9.17) is 14.6 Å². The predicted octanol–water partition coefficient (Wildman–Crippen LogP) is -0.217. The summed E-state index contributed by atoms with van der Waals surface area (Å²) >= 11 is 0. The van der Waals surface area contributed by atoms with Crippen LogP contribution in [0.5, 0.6) is 0 Å². The van der Waals surface area contributed by atoms with Crippen LogP contribution in [0.4, 0.5) is 0 Å². The largest absolute Gasteiger partial charge is 0.396 e. The minimum absolute atomic E-state index is 0.185. The van der Waals surface area contributed by atoms with Crippen LogP contribution < -0.4 is 0 Å². The van der Waals surface area contributed by atoms with Crippen molar-refractivity contribution in [2.45, 2.75) is 18.6 Å². The highest BCUT2D eigenvalue weighted by Gasteiger charge is 2.41. The van der Waals surface area contributed by atoms with E-state index in [2.05, 4.69) is 0 Å². The van der Waals surface area contributed by atoms with E-state index >= 15 is 0 Å². The summed E-state index contributed by atoms with van der Waals surface area (Å²) in [4.78, 5) is 0. The number of aliphatic hydroxyl groups excluding tert-OH is 1. The minimum Gasteiger partial charge on any atom is -0.396 e. The monoisotopic (exact) mass is 144 g/mol. The highest BCUT2D eigenvalue weighted by atomic mass is 16.6. The van der Waals surface area contributed by atoms with Crippen LogP contribution in [-0.4, -0.2) is 37.1 Å². The number of hydrogen-bond donors (Lipinski definition) is 1. The highest BCUT2D eigenvalue weighted by molar-refractivity contribution is 4.88. The summed E-state index contributed by atoms with van der Waals surface area (Å²) in [6.45, 7) is 1.67. The molecule has 2 saturated heterocycles. The molecule has 0 aromatic carbocycles. The molecule has 2 rings (SSSR count). The second-order valence-electron chi connectivity index (χ2n) is 2.94. The van der Waals surface area contributed by atoms with Crippen LogP contribution >= 0.6 is 0 Å². The molecule has 3 heteroatoms. The Kier molecular flexibility index (Phi) is 1.64. The van der Waals surface area contributed by atoms with Gasteiger partial charge >= 0.3 is 0 Å². The summed E-state index contributed by atoms with van der Waals surface area (Å²) in [7, 11) is 0. The van der Waals surface area contributed by atoms with Gasteiger partial charge in [0, 0.05) is 12.5 Å². The summed E-state index contributed by atoms with van der Waals surface area (Å²) < 4.78 is 10.8. The lowest BCUT2D eigenvalue weighted by Gasteiger charge is -2.11. The average molecular weight is 144 g/mol. The molecule has 2 aliphatic rings. The molecule has 1 N–H and O–H groups in total. The Labute approximate surface area is 59.9 Å². The Morgan fingerprint density at radius 1 is 1.40 bits per heavy atom. The Balaban J connectivity index is 2.01. The Hall–Kier alpha value is -0.120. The molecule has 2 heterocycles. The minimum atomic E-state index is 0.185. The van der Waals surface area contributed by atoms with Crippen molar-refractivity contribution in [2.75, 3.05) is 19.8 Å². The highest BCUT2D eigenvalue weighted by Crippen LogP contribution is 2.30. The van der Waals surface area contributed by atoms with Gasteiger partial charge in [-0.3, -0.25) is 0 Å². The zero-order valence-electron chi connectivity index (χ0n) is 5.82.